The third-order valence-electron chi connectivity index (χ3n) is 3.51. The van der Waals surface area contributed by atoms with Gasteiger partial charge < -0.3 is 10.6 Å². The first-order chi connectivity index (χ1) is 9.58. The van der Waals surface area contributed by atoms with E-state index in [1.807, 2.05) is 36.1 Å². The van der Waals surface area contributed by atoms with Gasteiger partial charge in [0.1, 0.15) is 5.82 Å². The van der Waals surface area contributed by atoms with E-state index >= 15 is 0 Å². The lowest BCUT2D eigenvalue weighted by atomic mass is 10.1. The maximum absolute atomic E-state index is 11.2. The molecule has 0 bridgehead atoms. The van der Waals surface area contributed by atoms with Crippen molar-refractivity contribution < 1.29 is 4.92 Å². The quantitative estimate of drug-likeness (QED) is 0.669. The van der Waals surface area contributed by atoms with Crippen molar-refractivity contribution in [1.29, 1.82) is 0 Å². The number of para-hydroxylation sites is 1. The molecule has 0 fully saturated rings. The lowest BCUT2D eigenvalue weighted by Crippen LogP contribution is -2.25. The summed E-state index contributed by atoms with van der Waals surface area (Å²) in [7, 11) is 0. The van der Waals surface area contributed by atoms with Crippen molar-refractivity contribution in [2.24, 2.45) is 0 Å². The van der Waals surface area contributed by atoms with Gasteiger partial charge >= 0.3 is 5.69 Å². The molecule has 1 aromatic heterocycles. The van der Waals surface area contributed by atoms with Gasteiger partial charge in [0.25, 0.3) is 0 Å². The highest BCUT2D eigenvalue weighted by Gasteiger charge is 2.32. The van der Waals surface area contributed by atoms with Crippen LogP contribution in [0, 0.1) is 10.1 Å². The van der Waals surface area contributed by atoms with Gasteiger partial charge in [-0.05, 0) is 31.0 Å². The van der Waals surface area contributed by atoms with Crippen LogP contribution in [0.25, 0.3) is 0 Å². The number of nitrogens with two attached hydrogens (primary N) is 1. The molecule has 0 aliphatic carbocycles. The monoisotopic (exact) mass is 270 g/mol. The van der Waals surface area contributed by atoms with Gasteiger partial charge in [-0.2, -0.15) is 0 Å². The van der Waals surface area contributed by atoms with Gasteiger partial charge in [-0.15, -0.1) is 0 Å². The highest BCUT2D eigenvalue weighted by molar-refractivity contribution is 5.75. The van der Waals surface area contributed by atoms with Crippen molar-refractivity contribution in [3.8, 4) is 0 Å². The molecule has 1 atom stereocenters. The minimum atomic E-state index is -0.421. The summed E-state index contributed by atoms with van der Waals surface area (Å²) in [6.07, 6.45) is 0.837. The number of pyridine rings is 1. The third-order valence-corrected chi connectivity index (χ3v) is 3.51. The molecule has 0 saturated heterocycles. The van der Waals surface area contributed by atoms with E-state index in [1.165, 1.54) is 17.7 Å². The van der Waals surface area contributed by atoms with Gasteiger partial charge in [0, 0.05) is 17.8 Å². The molecule has 6 heteroatoms. The van der Waals surface area contributed by atoms with Crippen molar-refractivity contribution in [2.45, 2.75) is 19.4 Å². The second kappa shape index (κ2) is 4.48. The standard InChI is InChI=1S/C14H14N4O2/c1-9-8-10-4-2-3-5-11(10)17(9)14-12(18(19)20)6-7-13(15)16-14/h2-7,9H,8H2,1H3,(H2,15,16). The number of nitrogen functional groups attached to an aromatic ring is 1. The van der Waals surface area contributed by atoms with E-state index in [-0.39, 0.29) is 17.5 Å². The number of hydrogen-bond acceptors (Lipinski definition) is 5. The zero-order chi connectivity index (χ0) is 14.3. The van der Waals surface area contributed by atoms with E-state index in [9.17, 15) is 10.1 Å². The molecule has 20 heavy (non-hydrogen) atoms. The molecule has 2 heterocycles. The molecular weight excluding hydrogens is 256 g/mol. The summed E-state index contributed by atoms with van der Waals surface area (Å²) >= 11 is 0. The number of rotatable bonds is 2. The molecule has 102 valence electrons. The maximum Gasteiger partial charge on any atom is 0.312 e. The van der Waals surface area contributed by atoms with E-state index in [0.29, 0.717) is 5.82 Å². The first-order valence-electron chi connectivity index (χ1n) is 6.36. The van der Waals surface area contributed by atoms with E-state index in [0.717, 1.165) is 12.1 Å². The average Bonchev–Trinajstić information content (AvgIpc) is 2.73. The van der Waals surface area contributed by atoms with Gasteiger partial charge in [-0.1, -0.05) is 18.2 Å². The van der Waals surface area contributed by atoms with Crippen molar-refractivity contribution in [2.75, 3.05) is 10.6 Å². The average molecular weight is 270 g/mol. The Hall–Kier alpha value is -2.63. The van der Waals surface area contributed by atoms with Crippen LogP contribution in [0.5, 0.6) is 0 Å². The fourth-order valence-electron chi connectivity index (χ4n) is 2.66. The Bertz CT molecular complexity index is 687. The smallest absolute Gasteiger partial charge is 0.312 e. The Morgan fingerprint density at radius 1 is 1.35 bits per heavy atom. The van der Waals surface area contributed by atoms with Crippen LogP contribution in [0.1, 0.15) is 12.5 Å². The molecule has 0 saturated carbocycles. The highest BCUT2D eigenvalue weighted by Crippen LogP contribution is 2.41. The number of aromatic nitrogens is 1. The van der Waals surface area contributed by atoms with Crippen LogP contribution in [0.3, 0.4) is 0 Å². The highest BCUT2D eigenvalue weighted by atomic mass is 16.6. The topological polar surface area (TPSA) is 85.3 Å². The summed E-state index contributed by atoms with van der Waals surface area (Å²) in [5.41, 5.74) is 7.80. The minimum Gasteiger partial charge on any atom is -0.384 e. The number of nitro groups is 1. The van der Waals surface area contributed by atoms with Crippen LogP contribution in [-0.2, 0) is 6.42 Å². The third kappa shape index (κ3) is 1.85. The fraction of sp³-hybridized carbons (Fsp3) is 0.214. The maximum atomic E-state index is 11.2. The molecule has 1 aliphatic rings. The molecule has 0 spiro atoms. The minimum absolute atomic E-state index is 0.0252. The molecule has 0 radical (unpaired) electrons. The summed E-state index contributed by atoms with van der Waals surface area (Å²) in [6, 6.07) is 10.8. The molecule has 3 rings (SSSR count). The summed E-state index contributed by atoms with van der Waals surface area (Å²) in [5.74, 6) is 0.592. The molecule has 0 amide bonds. The second-order valence-corrected chi connectivity index (χ2v) is 4.89. The van der Waals surface area contributed by atoms with Gasteiger partial charge in [0.15, 0.2) is 0 Å². The molecule has 1 aliphatic heterocycles. The van der Waals surface area contributed by atoms with Gasteiger partial charge in [0.05, 0.1) is 4.92 Å². The van der Waals surface area contributed by atoms with Crippen LogP contribution in [-0.4, -0.2) is 15.9 Å². The number of benzene rings is 1. The van der Waals surface area contributed by atoms with Crippen LogP contribution in [0.15, 0.2) is 36.4 Å². The lowest BCUT2D eigenvalue weighted by molar-refractivity contribution is -0.384. The molecule has 1 aromatic carbocycles. The van der Waals surface area contributed by atoms with E-state index < -0.39 is 4.92 Å². The molecule has 1 unspecified atom stereocenters. The van der Waals surface area contributed by atoms with Gasteiger partial charge in [0.2, 0.25) is 5.82 Å². The van der Waals surface area contributed by atoms with Crippen molar-refractivity contribution in [1.82, 2.24) is 4.98 Å². The van der Waals surface area contributed by atoms with Crippen LogP contribution in [0.4, 0.5) is 23.0 Å². The summed E-state index contributed by atoms with van der Waals surface area (Å²) < 4.78 is 0. The largest absolute Gasteiger partial charge is 0.384 e. The Balaban J connectivity index is 2.18. The van der Waals surface area contributed by atoms with Crippen molar-refractivity contribution in [3.63, 3.8) is 0 Å². The molecule has 2 aromatic rings. The lowest BCUT2D eigenvalue weighted by Gasteiger charge is -2.23. The predicted molar refractivity (Wildman–Crippen MR) is 77.1 cm³/mol. The van der Waals surface area contributed by atoms with E-state index in [1.54, 1.807) is 0 Å². The zero-order valence-corrected chi connectivity index (χ0v) is 11.0. The molecule has 6 nitrogen and oxygen atoms in total. The van der Waals surface area contributed by atoms with Crippen LogP contribution < -0.4 is 10.6 Å². The molecular formula is C14H14N4O2. The normalized spacial score (nSPS) is 17.1. The second-order valence-electron chi connectivity index (χ2n) is 4.89. The Morgan fingerprint density at radius 3 is 2.85 bits per heavy atom. The first-order valence-corrected chi connectivity index (χ1v) is 6.36. The van der Waals surface area contributed by atoms with E-state index in [2.05, 4.69) is 4.98 Å². The number of hydrogen-bond donors (Lipinski definition) is 1. The predicted octanol–water partition coefficient (Wildman–Crippen LogP) is 2.65. The first kappa shape index (κ1) is 12.4. The van der Waals surface area contributed by atoms with E-state index in [4.69, 9.17) is 5.73 Å². The Morgan fingerprint density at radius 2 is 2.10 bits per heavy atom. The zero-order valence-electron chi connectivity index (χ0n) is 11.0. The molecule has 2 N–H and O–H groups in total. The SMILES string of the molecule is CC1Cc2ccccc2N1c1nc(N)ccc1[N+](=O)[O-]. The summed E-state index contributed by atoms with van der Waals surface area (Å²) in [5, 5.41) is 11.2. The number of nitrogens with zero attached hydrogens (tertiary/aromatic N) is 3. The van der Waals surface area contributed by atoms with Crippen LogP contribution >= 0.6 is 0 Å². The number of fused-ring (bicyclic) bond motifs is 1. The summed E-state index contributed by atoms with van der Waals surface area (Å²) in [4.78, 5) is 16.9. The van der Waals surface area contributed by atoms with Crippen LogP contribution in [0.2, 0.25) is 0 Å². The van der Waals surface area contributed by atoms with Crippen molar-refractivity contribution >= 4 is 23.0 Å². The summed E-state index contributed by atoms with van der Waals surface area (Å²) in [6.45, 7) is 2.02. The van der Waals surface area contributed by atoms with Gasteiger partial charge in [-0.25, -0.2) is 4.98 Å². The van der Waals surface area contributed by atoms with Gasteiger partial charge in [-0.3, -0.25) is 10.1 Å². The number of anilines is 3. The fourth-order valence-corrected chi connectivity index (χ4v) is 2.66. The Labute approximate surface area is 116 Å². The van der Waals surface area contributed by atoms with Crippen molar-refractivity contribution in [3.05, 3.63) is 52.1 Å². The Kier molecular flexibility index (Phi) is 2.78.